The highest BCUT2D eigenvalue weighted by molar-refractivity contribution is 5.76. The first-order valence-corrected chi connectivity index (χ1v) is 9.81. The van der Waals surface area contributed by atoms with Crippen molar-refractivity contribution in [2.24, 2.45) is 0 Å². The van der Waals surface area contributed by atoms with Crippen LogP contribution in [0.4, 0.5) is 0 Å². The number of nitrogens with zero attached hydrogens (tertiary/aromatic N) is 2. The van der Waals surface area contributed by atoms with Crippen LogP contribution >= 0.6 is 0 Å². The summed E-state index contributed by atoms with van der Waals surface area (Å²) in [6.07, 6.45) is 1.04. The molecule has 0 spiro atoms. The van der Waals surface area contributed by atoms with Gasteiger partial charge in [-0.05, 0) is 41.8 Å². The summed E-state index contributed by atoms with van der Waals surface area (Å²) in [5.41, 5.74) is 3.81. The van der Waals surface area contributed by atoms with Crippen LogP contribution in [0.5, 0.6) is 0 Å². The Hall–Kier alpha value is -2.68. The van der Waals surface area contributed by atoms with Crippen molar-refractivity contribution >= 4 is 5.91 Å². The number of likely N-dealkylation sites (tertiary alicyclic amines) is 1. The molecule has 2 N–H and O–H groups in total. The second-order valence-corrected chi connectivity index (χ2v) is 7.29. The van der Waals surface area contributed by atoms with Gasteiger partial charge in [-0.3, -0.25) is 4.79 Å². The predicted molar refractivity (Wildman–Crippen MR) is 110 cm³/mol. The maximum atomic E-state index is 12.1. The zero-order chi connectivity index (χ0) is 20.1. The van der Waals surface area contributed by atoms with Crippen molar-refractivity contribution in [2.45, 2.75) is 38.3 Å². The average Bonchev–Trinajstić information content (AvgIpc) is 2.70. The van der Waals surface area contributed by atoms with E-state index in [9.17, 15) is 9.90 Å². The normalized spacial score (nSPS) is 21.1. The Morgan fingerprint density at radius 2 is 1.93 bits per heavy atom. The van der Waals surface area contributed by atoms with Gasteiger partial charge in [0.25, 0.3) is 0 Å². The second-order valence-electron chi connectivity index (χ2n) is 7.29. The van der Waals surface area contributed by atoms with Crippen molar-refractivity contribution in [3.8, 4) is 17.2 Å². The Morgan fingerprint density at radius 1 is 1.18 bits per heavy atom. The summed E-state index contributed by atoms with van der Waals surface area (Å²) < 4.78 is 0. The van der Waals surface area contributed by atoms with Gasteiger partial charge in [0.2, 0.25) is 5.91 Å². The molecule has 0 aliphatic carbocycles. The molecule has 146 valence electrons. The fourth-order valence-corrected chi connectivity index (χ4v) is 4.18. The molecule has 2 aromatic carbocycles. The van der Waals surface area contributed by atoms with Crippen LogP contribution in [-0.2, 0) is 4.79 Å². The molecule has 5 nitrogen and oxygen atoms in total. The maximum Gasteiger partial charge on any atom is 0.220 e. The summed E-state index contributed by atoms with van der Waals surface area (Å²) >= 11 is 0. The van der Waals surface area contributed by atoms with E-state index >= 15 is 0 Å². The molecule has 0 aromatic heterocycles. The highest BCUT2D eigenvalue weighted by atomic mass is 16.3. The van der Waals surface area contributed by atoms with E-state index in [-0.39, 0.29) is 30.5 Å². The molecule has 28 heavy (non-hydrogen) atoms. The SMILES string of the molecule is CCCNC[C@H]1[C@@H](c2ccc(-c3cccc(C#N)c3)cc2)[C@@H](CO)N1C(C)=O. The van der Waals surface area contributed by atoms with Crippen LogP contribution in [0.25, 0.3) is 11.1 Å². The monoisotopic (exact) mass is 377 g/mol. The number of hydrogen-bond donors (Lipinski definition) is 2. The van der Waals surface area contributed by atoms with E-state index < -0.39 is 0 Å². The van der Waals surface area contributed by atoms with Crippen molar-refractivity contribution < 1.29 is 9.90 Å². The van der Waals surface area contributed by atoms with Crippen molar-refractivity contribution in [3.05, 3.63) is 59.7 Å². The fraction of sp³-hybridized carbons (Fsp3) is 0.391. The van der Waals surface area contributed by atoms with Crippen LogP contribution in [0.1, 0.15) is 37.3 Å². The topological polar surface area (TPSA) is 76.4 Å². The smallest absolute Gasteiger partial charge is 0.220 e. The van der Waals surface area contributed by atoms with Crippen molar-refractivity contribution in [3.63, 3.8) is 0 Å². The number of rotatable bonds is 7. The Labute approximate surface area is 166 Å². The zero-order valence-corrected chi connectivity index (χ0v) is 16.4. The zero-order valence-electron chi connectivity index (χ0n) is 16.4. The summed E-state index contributed by atoms with van der Waals surface area (Å²) in [7, 11) is 0. The highest BCUT2D eigenvalue weighted by Gasteiger charge is 2.49. The van der Waals surface area contributed by atoms with Crippen LogP contribution < -0.4 is 5.32 Å². The number of carbonyl (C=O) groups is 1. The molecule has 5 heteroatoms. The number of carbonyl (C=O) groups excluding carboxylic acids is 1. The molecule has 0 bridgehead atoms. The lowest BCUT2D eigenvalue weighted by molar-refractivity contribution is -0.147. The standard InChI is InChI=1S/C23H27N3O2/c1-3-11-25-14-21-23(22(15-27)26(21)16(2)28)19-9-7-18(8-10-19)20-6-4-5-17(12-20)13-24/h4-10,12,21-23,25,27H,3,11,14-15H2,1-2H3/t21-,22+,23+/m0/s1. The lowest BCUT2D eigenvalue weighted by atomic mass is 9.74. The number of benzene rings is 2. The molecule has 3 atom stereocenters. The summed E-state index contributed by atoms with van der Waals surface area (Å²) in [6.45, 7) is 5.27. The van der Waals surface area contributed by atoms with E-state index in [1.165, 1.54) is 0 Å². The van der Waals surface area contributed by atoms with Crippen molar-refractivity contribution in [1.29, 1.82) is 5.26 Å². The van der Waals surface area contributed by atoms with E-state index in [4.69, 9.17) is 5.26 Å². The van der Waals surface area contributed by atoms with Gasteiger partial charge < -0.3 is 15.3 Å². The van der Waals surface area contributed by atoms with E-state index in [1.807, 2.05) is 30.3 Å². The Balaban J connectivity index is 1.83. The third-order valence-electron chi connectivity index (χ3n) is 5.50. The number of aliphatic hydroxyl groups excluding tert-OH is 1. The Kier molecular flexibility index (Phi) is 6.45. The Morgan fingerprint density at radius 3 is 2.54 bits per heavy atom. The van der Waals surface area contributed by atoms with E-state index in [0.29, 0.717) is 5.56 Å². The van der Waals surface area contributed by atoms with Crippen molar-refractivity contribution in [1.82, 2.24) is 10.2 Å². The molecule has 0 saturated carbocycles. The fourth-order valence-electron chi connectivity index (χ4n) is 4.18. The second kappa shape index (κ2) is 9.01. The third-order valence-corrected chi connectivity index (χ3v) is 5.50. The third kappa shape index (κ3) is 3.94. The molecule has 0 radical (unpaired) electrons. The molecular weight excluding hydrogens is 350 g/mol. The summed E-state index contributed by atoms with van der Waals surface area (Å²) in [4.78, 5) is 13.9. The first-order valence-electron chi connectivity index (χ1n) is 9.81. The lowest BCUT2D eigenvalue weighted by Gasteiger charge is -2.55. The first-order chi connectivity index (χ1) is 13.6. The minimum absolute atomic E-state index is 0.00328. The van der Waals surface area contributed by atoms with E-state index in [0.717, 1.165) is 36.2 Å². The van der Waals surface area contributed by atoms with Gasteiger partial charge in [-0.1, -0.05) is 43.3 Å². The predicted octanol–water partition coefficient (Wildman–Crippen LogP) is 2.90. The van der Waals surface area contributed by atoms with Crippen LogP contribution in [-0.4, -0.2) is 47.7 Å². The van der Waals surface area contributed by atoms with Crippen LogP contribution in [0.2, 0.25) is 0 Å². The van der Waals surface area contributed by atoms with Gasteiger partial charge in [0.05, 0.1) is 30.3 Å². The van der Waals surface area contributed by atoms with E-state index in [1.54, 1.807) is 17.9 Å². The van der Waals surface area contributed by atoms with Crippen molar-refractivity contribution in [2.75, 3.05) is 19.7 Å². The van der Waals surface area contributed by atoms with Gasteiger partial charge in [-0.25, -0.2) is 0 Å². The molecular formula is C23H27N3O2. The minimum atomic E-state index is -0.182. The molecule has 1 amide bonds. The average molecular weight is 377 g/mol. The molecule has 2 aromatic rings. The van der Waals surface area contributed by atoms with Gasteiger partial charge in [0, 0.05) is 19.4 Å². The van der Waals surface area contributed by atoms with Gasteiger partial charge >= 0.3 is 0 Å². The van der Waals surface area contributed by atoms with Crippen LogP contribution in [0.15, 0.2) is 48.5 Å². The van der Waals surface area contributed by atoms with Crippen LogP contribution in [0.3, 0.4) is 0 Å². The maximum absolute atomic E-state index is 12.1. The van der Waals surface area contributed by atoms with Gasteiger partial charge in [0.1, 0.15) is 0 Å². The molecule has 1 aliphatic rings. The first kappa shape index (κ1) is 20.1. The van der Waals surface area contributed by atoms with Gasteiger partial charge in [0.15, 0.2) is 0 Å². The number of amides is 1. The van der Waals surface area contributed by atoms with Crippen LogP contribution in [0, 0.1) is 11.3 Å². The van der Waals surface area contributed by atoms with Gasteiger partial charge in [-0.15, -0.1) is 0 Å². The number of nitrogens with one attached hydrogen (secondary N) is 1. The molecule has 1 heterocycles. The molecule has 1 fully saturated rings. The largest absolute Gasteiger partial charge is 0.394 e. The number of aliphatic hydroxyl groups is 1. The summed E-state index contributed by atoms with van der Waals surface area (Å²) in [6, 6.07) is 17.8. The Bertz CT molecular complexity index is 857. The summed E-state index contributed by atoms with van der Waals surface area (Å²) in [5, 5.41) is 22.4. The molecule has 3 rings (SSSR count). The highest BCUT2D eigenvalue weighted by Crippen LogP contribution is 2.41. The molecule has 1 saturated heterocycles. The summed E-state index contributed by atoms with van der Waals surface area (Å²) in [5.74, 6) is 0.112. The minimum Gasteiger partial charge on any atom is -0.394 e. The lowest BCUT2D eigenvalue weighted by Crippen LogP contribution is -2.67. The molecule has 1 aliphatic heterocycles. The van der Waals surface area contributed by atoms with E-state index in [2.05, 4.69) is 30.4 Å². The number of hydrogen-bond acceptors (Lipinski definition) is 4. The van der Waals surface area contributed by atoms with Gasteiger partial charge in [-0.2, -0.15) is 5.26 Å². The molecule has 0 unspecified atom stereocenters. The number of nitriles is 1. The quantitative estimate of drug-likeness (QED) is 0.728.